The summed E-state index contributed by atoms with van der Waals surface area (Å²) in [5.41, 5.74) is 1.03. The minimum Gasteiger partial charge on any atom is -0.389 e. The molecule has 1 aliphatic heterocycles. The van der Waals surface area contributed by atoms with Crippen molar-refractivity contribution in [3.05, 3.63) is 29.8 Å². The van der Waals surface area contributed by atoms with E-state index in [0.29, 0.717) is 11.3 Å². The molecule has 1 heterocycles. The average molecular weight is 291 g/mol. The highest BCUT2D eigenvalue weighted by atomic mass is 16.3. The number of imide groups is 1. The van der Waals surface area contributed by atoms with Gasteiger partial charge in [-0.1, -0.05) is 18.2 Å². The largest absolute Gasteiger partial charge is 0.389 e. The van der Waals surface area contributed by atoms with E-state index in [0.717, 1.165) is 4.90 Å². The molecular weight excluding hydrogens is 274 g/mol. The van der Waals surface area contributed by atoms with Gasteiger partial charge in [0.1, 0.15) is 13.1 Å². The quantitative estimate of drug-likeness (QED) is 0.794. The normalized spacial score (nSPS) is 16.3. The van der Waals surface area contributed by atoms with E-state index in [2.05, 4.69) is 5.32 Å². The lowest BCUT2D eigenvalue weighted by atomic mass is 10.1. The highest BCUT2D eigenvalue weighted by Crippen LogP contribution is 2.22. The third-order valence-electron chi connectivity index (χ3n) is 3.22. The Kier molecular flexibility index (Phi) is 4.23. The first kappa shape index (κ1) is 15.0. The van der Waals surface area contributed by atoms with E-state index < -0.39 is 23.9 Å². The van der Waals surface area contributed by atoms with Crippen LogP contribution in [0.15, 0.2) is 24.3 Å². The Hall–Kier alpha value is -2.41. The van der Waals surface area contributed by atoms with Gasteiger partial charge in [-0.25, -0.2) is 4.79 Å². The van der Waals surface area contributed by atoms with Crippen LogP contribution >= 0.6 is 0 Å². The molecule has 2 rings (SSSR count). The molecule has 1 fully saturated rings. The van der Waals surface area contributed by atoms with E-state index in [-0.39, 0.29) is 13.1 Å². The molecule has 1 aromatic carbocycles. The predicted octanol–water partition coefficient (Wildman–Crippen LogP) is 0.572. The third kappa shape index (κ3) is 3.19. The van der Waals surface area contributed by atoms with E-state index in [4.69, 9.17) is 0 Å². The van der Waals surface area contributed by atoms with Crippen LogP contribution in [0.4, 0.5) is 10.5 Å². The van der Waals surface area contributed by atoms with Gasteiger partial charge in [-0.05, 0) is 13.0 Å². The third-order valence-corrected chi connectivity index (χ3v) is 3.22. The van der Waals surface area contributed by atoms with Crippen LogP contribution in [-0.2, 0) is 9.59 Å². The summed E-state index contributed by atoms with van der Waals surface area (Å²) in [6, 6.07) is 6.33. The van der Waals surface area contributed by atoms with Gasteiger partial charge in [-0.15, -0.1) is 0 Å². The van der Waals surface area contributed by atoms with Crippen molar-refractivity contribution < 1.29 is 19.5 Å². The zero-order chi connectivity index (χ0) is 15.6. The number of urea groups is 1. The van der Waals surface area contributed by atoms with Gasteiger partial charge in [0.05, 0.1) is 6.10 Å². The standard InChI is InChI=1S/C14H17N3O4/c1-9(18)10-5-3-4-6-11(10)15-12(19)7-17-13(20)8-16(2)14(17)21/h3-6,9,18H,7-8H2,1-2H3,(H,15,19). The van der Waals surface area contributed by atoms with Crippen molar-refractivity contribution in [2.75, 3.05) is 25.5 Å². The maximum absolute atomic E-state index is 12.0. The second-order valence-electron chi connectivity index (χ2n) is 4.93. The van der Waals surface area contributed by atoms with Crippen LogP contribution in [0.1, 0.15) is 18.6 Å². The van der Waals surface area contributed by atoms with Crippen molar-refractivity contribution in [3.63, 3.8) is 0 Å². The number of para-hydroxylation sites is 1. The summed E-state index contributed by atoms with van der Waals surface area (Å²) in [6.45, 7) is 1.24. The Morgan fingerprint density at radius 3 is 2.62 bits per heavy atom. The van der Waals surface area contributed by atoms with Gasteiger partial charge in [0.25, 0.3) is 5.91 Å². The van der Waals surface area contributed by atoms with Crippen LogP contribution in [0.3, 0.4) is 0 Å². The molecule has 21 heavy (non-hydrogen) atoms. The summed E-state index contributed by atoms with van der Waals surface area (Å²) < 4.78 is 0. The Morgan fingerprint density at radius 1 is 1.38 bits per heavy atom. The maximum atomic E-state index is 12.0. The summed E-state index contributed by atoms with van der Waals surface area (Å²) in [5, 5.41) is 12.3. The topological polar surface area (TPSA) is 89.9 Å². The number of hydrogen-bond acceptors (Lipinski definition) is 4. The van der Waals surface area contributed by atoms with Crippen molar-refractivity contribution in [3.8, 4) is 0 Å². The lowest BCUT2D eigenvalue weighted by molar-refractivity contribution is -0.129. The molecule has 7 nitrogen and oxygen atoms in total. The molecule has 0 saturated carbocycles. The number of nitrogens with one attached hydrogen (secondary N) is 1. The van der Waals surface area contributed by atoms with Crippen molar-refractivity contribution in [2.45, 2.75) is 13.0 Å². The molecule has 2 N–H and O–H groups in total. The number of nitrogens with zero attached hydrogens (tertiary/aromatic N) is 2. The molecule has 0 aromatic heterocycles. The molecule has 0 bridgehead atoms. The van der Waals surface area contributed by atoms with E-state index in [1.54, 1.807) is 31.2 Å². The lowest BCUT2D eigenvalue weighted by Gasteiger charge is -2.16. The molecule has 1 aromatic rings. The number of aliphatic hydroxyl groups excluding tert-OH is 1. The predicted molar refractivity (Wildman–Crippen MR) is 75.4 cm³/mol. The number of amides is 4. The summed E-state index contributed by atoms with van der Waals surface area (Å²) in [6.07, 6.45) is -0.734. The number of benzene rings is 1. The van der Waals surface area contributed by atoms with Crippen molar-refractivity contribution in [1.82, 2.24) is 9.80 Å². The van der Waals surface area contributed by atoms with Gasteiger partial charge in [-0.3, -0.25) is 14.5 Å². The SMILES string of the molecule is CC(O)c1ccccc1NC(=O)CN1C(=O)CN(C)C1=O. The van der Waals surface area contributed by atoms with Crippen LogP contribution in [0.5, 0.6) is 0 Å². The van der Waals surface area contributed by atoms with Gasteiger partial charge in [-0.2, -0.15) is 0 Å². The van der Waals surface area contributed by atoms with Gasteiger partial charge >= 0.3 is 6.03 Å². The van der Waals surface area contributed by atoms with Gasteiger partial charge in [0.15, 0.2) is 0 Å². The first-order valence-corrected chi connectivity index (χ1v) is 6.52. The molecular formula is C14H17N3O4. The van der Waals surface area contributed by atoms with Crippen LogP contribution < -0.4 is 5.32 Å². The molecule has 4 amide bonds. The molecule has 1 unspecified atom stereocenters. The fourth-order valence-corrected chi connectivity index (χ4v) is 2.13. The summed E-state index contributed by atoms with van der Waals surface area (Å²) in [4.78, 5) is 37.4. The number of carbonyl (C=O) groups excluding carboxylic acids is 3. The van der Waals surface area contributed by atoms with Crippen LogP contribution in [0.25, 0.3) is 0 Å². The Bertz CT molecular complexity index is 585. The Morgan fingerprint density at radius 2 is 2.05 bits per heavy atom. The van der Waals surface area contributed by atoms with E-state index in [9.17, 15) is 19.5 Å². The van der Waals surface area contributed by atoms with Gasteiger partial charge in [0, 0.05) is 18.3 Å². The fraction of sp³-hybridized carbons (Fsp3) is 0.357. The average Bonchev–Trinajstić information content (AvgIpc) is 2.66. The molecule has 112 valence electrons. The van der Waals surface area contributed by atoms with E-state index in [1.807, 2.05) is 0 Å². The summed E-state index contributed by atoms with van der Waals surface area (Å²) in [5.74, 6) is -0.887. The molecule has 0 aliphatic carbocycles. The van der Waals surface area contributed by atoms with Gasteiger partial charge < -0.3 is 15.3 Å². The minimum atomic E-state index is -0.734. The van der Waals surface area contributed by atoms with Crippen LogP contribution in [0, 0.1) is 0 Å². The minimum absolute atomic E-state index is 0.0175. The fourth-order valence-electron chi connectivity index (χ4n) is 2.13. The summed E-state index contributed by atoms with van der Waals surface area (Å²) >= 11 is 0. The van der Waals surface area contributed by atoms with E-state index in [1.165, 1.54) is 11.9 Å². The zero-order valence-corrected chi connectivity index (χ0v) is 11.9. The van der Waals surface area contributed by atoms with Crippen molar-refractivity contribution in [1.29, 1.82) is 0 Å². The first-order chi connectivity index (χ1) is 9.90. The number of aliphatic hydroxyl groups is 1. The zero-order valence-electron chi connectivity index (χ0n) is 11.9. The van der Waals surface area contributed by atoms with E-state index >= 15 is 0 Å². The Balaban J connectivity index is 2.06. The van der Waals surface area contributed by atoms with Crippen LogP contribution in [0.2, 0.25) is 0 Å². The second-order valence-corrected chi connectivity index (χ2v) is 4.93. The lowest BCUT2D eigenvalue weighted by Crippen LogP contribution is -2.38. The highest BCUT2D eigenvalue weighted by Gasteiger charge is 2.34. The number of hydrogen-bond donors (Lipinski definition) is 2. The number of likely N-dealkylation sites (N-methyl/N-ethyl adjacent to an activating group) is 1. The van der Waals surface area contributed by atoms with Crippen molar-refractivity contribution >= 4 is 23.5 Å². The summed E-state index contributed by atoms with van der Waals surface area (Å²) in [7, 11) is 1.50. The molecule has 7 heteroatoms. The highest BCUT2D eigenvalue weighted by molar-refractivity contribution is 6.06. The maximum Gasteiger partial charge on any atom is 0.327 e. The molecule has 1 atom stereocenters. The van der Waals surface area contributed by atoms with Gasteiger partial charge in [0.2, 0.25) is 5.91 Å². The molecule has 0 spiro atoms. The monoisotopic (exact) mass is 291 g/mol. The van der Waals surface area contributed by atoms with Crippen LogP contribution in [-0.4, -0.2) is 52.9 Å². The first-order valence-electron chi connectivity index (χ1n) is 6.52. The van der Waals surface area contributed by atoms with Crippen molar-refractivity contribution in [2.24, 2.45) is 0 Å². The molecule has 1 saturated heterocycles. The number of carbonyl (C=O) groups is 3. The number of anilines is 1. The Labute approximate surface area is 122 Å². The molecule has 1 aliphatic rings. The smallest absolute Gasteiger partial charge is 0.327 e. The molecule has 0 radical (unpaired) electrons. The second kappa shape index (κ2) is 5.92. The number of rotatable bonds is 4.